The molecule has 0 aliphatic rings. The summed E-state index contributed by atoms with van der Waals surface area (Å²) in [4.78, 5) is 4.25. The van der Waals surface area contributed by atoms with E-state index < -0.39 is 0 Å². The lowest BCUT2D eigenvalue weighted by atomic mass is 10.1. The standard InChI is InChI=1S/C13H10BrCl2N/c14-9-4-5-11(12(15)7-9)13(16)8-10-3-1-2-6-17-10/h1-7,13H,8H2. The van der Waals surface area contributed by atoms with Crippen LogP contribution < -0.4 is 0 Å². The van der Waals surface area contributed by atoms with Crippen LogP contribution in [-0.2, 0) is 6.42 Å². The van der Waals surface area contributed by atoms with Gasteiger partial charge in [-0.2, -0.15) is 0 Å². The number of alkyl halides is 1. The Morgan fingerprint density at radius 3 is 2.71 bits per heavy atom. The van der Waals surface area contributed by atoms with E-state index in [0.29, 0.717) is 11.4 Å². The van der Waals surface area contributed by atoms with Crippen molar-refractivity contribution in [3.05, 3.63) is 63.3 Å². The van der Waals surface area contributed by atoms with Crippen LogP contribution in [-0.4, -0.2) is 4.98 Å². The third-order valence-electron chi connectivity index (χ3n) is 2.41. The summed E-state index contributed by atoms with van der Waals surface area (Å²) in [6, 6.07) is 11.5. The number of hydrogen-bond acceptors (Lipinski definition) is 1. The Balaban J connectivity index is 2.17. The van der Waals surface area contributed by atoms with Gasteiger partial charge in [0.2, 0.25) is 0 Å². The smallest absolute Gasteiger partial charge is 0.0655 e. The van der Waals surface area contributed by atoms with Crippen LogP contribution in [0.15, 0.2) is 47.1 Å². The molecule has 0 bridgehead atoms. The van der Waals surface area contributed by atoms with Gasteiger partial charge in [0.1, 0.15) is 0 Å². The molecule has 0 N–H and O–H groups in total. The van der Waals surface area contributed by atoms with E-state index in [4.69, 9.17) is 23.2 Å². The number of pyridine rings is 1. The van der Waals surface area contributed by atoms with Gasteiger partial charge in [-0.1, -0.05) is 39.7 Å². The van der Waals surface area contributed by atoms with E-state index in [1.54, 1.807) is 6.20 Å². The van der Waals surface area contributed by atoms with Gasteiger partial charge in [0.15, 0.2) is 0 Å². The summed E-state index contributed by atoms with van der Waals surface area (Å²) < 4.78 is 0.952. The average Bonchev–Trinajstić information content (AvgIpc) is 2.30. The molecule has 2 aromatic rings. The van der Waals surface area contributed by atoms with Crippen molar-refractivity contribution >= 4 is 39.1 Å². The first-order chi connectivity index (χ1) is 8.16. The summed E-state index contributed by atoms with van der Waals surface area (Å²) >= 11 is 15.9. The van der Waals surface area contributed by atoms with Crippen molar-refractivity contribution in [3.63, 3.8) is 0 Å². The normalized spacial score (nSPS) is 12.4. The molecule has 1 aromatic carbocycles. The fourth-order valence-corrected chi connectivity index (χ4v) is 2.78. The van der Waals surface area contributed by atoms with Crippen molar-refractivity contribution in [1.29, 1.82) is 0 Å². The summed E-state index contributed by atoms with van der Waals surface area (Å²) in [5, 5.41) is 0.515. The number of hydrogen-bond donors (Lipinski definition) is 0. The van der Waals surface area contributed by atoms with Gasteiger partial charge in [-0.05, 0) is 29.8 Å². The van der Waals surface area contributed by atoms with Gasteiger partial charge in [0, 0.05) is 27.8 Å². The third kappa shape index (κ3) is 3.44. The highest BCUT2D eigenvalue weighted by atomic mass is 79.9. The molecule has 0 saturated heterocycles. The molecule has 0 aliphatic carbocycles. The summed E-state index contributed by atoms with van der Waals surface area (Å²) in [6.07, 6.45) is 2.44. The summed E-state index contributed by atoms with van der Waals surface area (Å²) in [7, 11) is 0. The van der Waals surface area contributed by atoms with Crippen LogP contribution in [0.2, 0.25) is 5.02 Å². The van der Waals surface area contributed by atoms with Crippen molar-refractivity contribution < 1.29 is 0 Å². The maximum absolute atomic E-state index is 6.36. The van der Waals surface area contributed by atoms with Crippen LogP contribution in [0.1, 0.15) is 16.6 Å². The molecule has 0 radical (unpaired) electrons. The molecular formula is C13H10BrCl2N. The molecule has 17 heavy (non-hydrogen) atoms. The lowest BCUT2D eigenvalue weighted by Gasteiger charge is -2.11. The maximum atomic E-state index is 6.36. The van der Waals surface area contributed by atoms with Crippen LogP contribution in [0.4, 0.5) is 0 Å². The molecule has 0 fully saturated rings. The first kappa shape index (κ1) is 12.9. The average molecular weight is 331 g/mol. The molecule has 1 atom stereocenters. The molecule has 0 amide bonds. The molecule has 1 unspecified atom stereocenters. The highest BCUT2D eigenvalue weighted by Gasteiger charge is 2.13. The lowest BCUT2D eigenvalue weighted by Crippen LogP contribution is -1.98. The lowest BCUT2D eigenvalue weighted by molar-refractivity contribution is 0.881. The summed E-state index contributed by atoms with van der Waals surface area (Å²) in [6.45, 7) is 0. The van der Waals surface area contributed by atoms with Crippen molar-refractivity contribution in [2.24, 2.45) is 0 Å². The minimum Gasteiger partial charge on any atom is -0.261 e. The van der Waals surface area contributed by atoms with E-state index in [1.165, 1.54) is 0 Å². The van der Waals surface area contributed by atoms with Gasteiger partial charge in [0.25, 0.3) is 0 Å². The molecule has 88 valence electrons. The largest absolute Gasteiger partial charge is 0.261 e. The predicted octanol–water partition coefficient (Wildman–Crippen LogP) is 5.02. The molecule has 0 saturated carbocycles. The second-order valence-corrected chi connectivity index (χ2v) is 5.51. The van der Waals surface area contributed by atoms with Crippen LogP contribution in [0, 0.1) is 0 Å². The first-order valence-electron chi connectivity index (χ1n) is 5.16. The van der Waals surface area contributed by atoms with E-state index in [1.807, 2.05) is 36.4 Å². The fourth-order valence-electron chi connectivity index (χ4n) is 1.57. The quantitative estimate of drug-likeness (QED) is 0.720. The van der Waals surface area contributed by atoms with Gasteiger partial charge >= 0.3 is 0 Å². The monoisotopic (exact) mass is 329 g/mol. The highest BCUT2D eigenvalue weighted by Crippen LogP contribution is 2.32. The Morgan fingerprint density at radius 2 is 2.06 bits per heavy atom. The van der Waals surface area contributed by atoms with Crippen LogP contribution in [0.25, 0.3) is 0 Å². The zero-order valence-corrected chi connectivity index (χ0v) is 12.0. The predicted molar refractivity (Wildman–Crippen MR) is 75.7 cm³/mol. The Hall–Kier alpha value is -0.570. The van der Waals surface area contributed by atoms with Crippen LogP contribution in [0.5, 0.6) is 0 Å². The molecular weight excluding hydrogens is 321 g/mol. The molecule has 1 heterocycles. The third-order valence-corrected chi connectivity index (χ3v) is 3.62. The van der Waals surface area contributed by atoms with Gasteiger partial charge in [-0.15, -0.1) is 11.6 Å². The Bertz CT molecular complexity index is 502. The fraction of sp³-hybridized carbons (Fsp3) is 0.154. The number of rotatable bonds is 3. The van der Waals surface area contributed by atoms with E-state index in [-0.39, 0.29) is 5.38 Å². The Labute approximate surface area is 119 Å². The highest BCUT2D eigenvalue weighted by molar-refractivity contribution is 9.10. The number of nitrogens with zero attached hydrogens (tertiary/aromatic N) is 1. The minimum absolute atomic E-state index is 0.162. The molecule has 2 rings (SSSR count). The zero-order valence-electron chi connectivity index (χ0n) is 8.91. The SMILES string of the molecule is Clc1cc(Br)ccc1C(Cl)Cc1ccccn1. The van der Waals surface area contributed by atoms with Gasteiger partial charge < -0.3 is 0 Å². The van der Waals surface area contributed by atoms with Crippen LogP contribution in [0.3, 0.4) is 0 Å². The topological polar surface area (TPSA) is 12.9 Å². The van der Waals surface area contributed by atoms with Gasteiger partial charge in [-0.3, -0.25) is 4.98 Å². The molecule has 0 aliphatic heterocycles. The van der Waals surface area contributed by atoms with E-state index in [2.05, 4.69) is 20.9 Å². The minimum atomic E-state index is -0.162. The van der Waals surface area contributed by atoms with Crippen molar-refractivity contribution in [2.45, 2.75) is 11.8 Å². The van der Waals surface area contributed by atoms with Crippen molar-refractivity contribution in [2.75, 3.05) is 0 Å². The van der Waals surface area contributed by atoms with E-state index in [0.717, 1.165) is 15.7 Å². The molecule has 4 heteroatoms. The van der Waals surface area contributed by atoms with Gasteiger partial charge in [0.05, 0.1) is 5.38 Å². The second-order valence-electron chi connectivity index (χ2n) is 3.66. The molecule has 1 nitrogen and oxygen atoms in total. The zero-order chi connectivity index (χ0) is 12.3. The van der Waals surface area contributed by atoms with Crippen LogP contribution >= 0.6 is 39.1 Å². The second kappa shape index (κ2) is 5.85. The molecule has 0 spiro atoms. The van der Waals surface area contributed by atoms with E-state index in [9.17, 15) is 0 Å². The summed E-state index contributed by atoms with van der Waals surface area (Å²) in [5.41, 5.74) is 1.90. The van der Waals surface area contributed by atoms with E-state index >= 15 is 0 Å². The summed E-state index contributed by atoms with van der Waals surface area (Å²) in [5.74, 6) is 0. The Morgan fingerprint density at radius 1 is 1.24 bits per heavy atom. The number of halogens is 3. The van der Waals surface area contributed by atoms with Crippen molar-refractivity contribution in [3.8, 4) is 0 Å². The number of benzene rings is 1. The first-order valence-corrected chi connectivity index (χ1v) is 6.76. The van der Waals surface area contributed by atoms with Gasteiger partial charge in [-0.25, -0.2) is 0 Å². The Kier molecular flexibility index (Phi) is 4.43. The van der Waals surface area contributed by atoms with Crippen molar-refractivity contribution in [1.82, 2.24) is 4.98 Å². The molecule has 1 aromatic heterocycles. The maximum Gasteiger partial charge on any atom is 0.0655 e. The number of aromatic nitrogens is 1.